The first-order valence-corrected chi connectivity index (χ1v) is 7.48. The van der Waals surface area contributed by atoms with Gasteiger partial charge in [-0.1, -0.05) is 24.3 Å². The van der Waals surface area contributed by atoms with Gasteiger partial charge in [-0.15, -0.1) is 0 Å². The van der Waals surface area contributed by atoms with E-state index in [9.17, 15) is 13.6 Å². The maximum absolute atomic E-state index is 13.1. The number of halogens is 2. The second kappa shape index (κ2) is 7.72. The van der Waals surface area contributed by atoms with E-state index in [4.69, 9.17) is 0 Å². The Bertz CT molecular complexity index is 658. The van der Waals surface area contributed by atoms with Crippen molar-refractivity contribution in [3.63, 3.8) is 0 Å². The first-order chi connectivity index (χ1) is 11.0. The summed E-state index contributed by atoms with van der Waals surface area (Å²) in [4.78, 5) is 13.7. The predicted octanol–water partition coefficient (Wildman–Crippen LogP) is 3.91. The molecule has 0 aromatic heterocycles. The van der Waals surface area contributed by atoms with Gasteiger partial charge in [-0.05, 0) is 48.7 Å². The van der Waals surface area contributed by atoms with Gasteiger partial charge in [-0.25, -0.2) is 13.6 Å². The number of nitrogens with one attached hydrogen (secondary N) is 1. The second-order valence-electron chi connectivity index (χ2n) is 5.45. The molecule has 0 aliphatic rings. The number of carbonyl (C=O) groups excluding carboxylic acids is 1. The molecule has 0 bridgehead atoms. The average Bonchev–Trinajstić information content (AvgIpc) is 2.54. The molecule has 23 heavy (non-hydrogen) atoms. The summed E-state index contributed by atoms with van der Waals surface area (Å²) >= 11 is 0. The van der Waals surface area contributed by atoms with Crippen LogP contribution in [0.4, 0.5) is 13.6 Å². The van der Waals surface area contributed by atoms with E-state index in [0.717, 1.165) is 11.1 Å². The Kier molecular flexibility index (Phi) is 5.68. The lowest BCUT2D eigenvalue weighted by molar-refractivity contribution is 0.194. The molecule has 0 aliphatic heterocycles. The molecular weight excluding hydrogens is 298 g/mol. The summed E-state index contributed by atoms with van der Waals surface area (Å²) in [6, 6.07) is 12.0. The Labute approximate surface area is 134 Å². The van der Waals surface area contributed by atoms with Crippen molar-refractivity contribution in [1.82, 2.24) is 10.2 Å². The van der Waals surface area contributed by atoms with E-state index in [-0.39, 0.29) is 23.7 Å². The fourth-order valence-corrected chi connectivity index (χ4v) is 2.27. The Balaban J connectivity index is 1.86. The quantitative estimate of drug-likeness (QED) is 0.890. The van der Waals surface area contributed by atoms with Crippen molar-refractivity contribution in [1.29, 1.82) is 0 Å². The topological polar surface area (TPSA) is 32.3 Å². The van der Waals surface area contributed by atoms with Crippen LogP contribution in [0.1, 0.15) is 24.1 Å². The average molecular weight is 318 g/mol. The smallest absolute Gasteiger partial charge is 0.317 e. The molecule has 0 spiro atoms. The van der Waals surface area contributed by atoms with Crippen molar-refractivity contribution in [3.05, 3.63) is 71.3 Å². The van der Waals surface area contributed by atoms with Crippen LogP contribution >= 0.6 is 0 Å². The molecule has 0 fully saturated rings. The van der Waals surface area contributed by atoms with E-state index in [0.29, 0.717) is 13.0 Å². The largest absolute Gasteiger partial charge is 0.338 e. The zero-order valence-electron chi connectivity index (χ0n) is 13.2. The van der Waals surface area contributed by atoms with Crippen molar-refractivity contribution in [2.75, 3.05) is 13.6 Å². The van der Waals surface area contributed by atoms with E-state index >= 15 is 0 Å². The molecule has 2 rings (SSSR count). The highest BCUT2D eigenvalue weighted by Crippen LogP contribution is 2.18. The van der Waals surface area contributed by atoms with E-state index in [1.807, 2.05) is 13.0 Å². The zero-order chi connectivity index (χ0) is 16.8. The van der Waals surface area contributed by atoms with E-state index in [2.05, 4.69) is 5.32 Å². The number of nitrogens with zero attached hydrogens (tertiary/aromatic N) is 1. The van der Waals surface area contributed by atoms with Gasteiger partial charge >= 0.3 is 6.03 Å². The van der Waals surface area contributed by atoms with Gasteiger partial charge in [-0.2, -0.15) is 0 Å². The van der Waals surface area contributed by atoms with Gasteiger partial charge in [0.25, 0.3) is 0 Å². The van der Waals surface area contributed by atoms with Gasteiger partial charge in [0, 0.05) is 13.6 Å². The predicted molar refractivity (Wildman–Crippen MR) is 86.1 cm³/mol. The van der Waals surface area contributed by atoms with Crippen LogP contribution in [0.2, 0.25) is 0 Å². The SMILES string of the molecule is CC(c1ccc(F)cc1)N(C)C(=O)NCCc1cccc(F)c1. The van der Waals surface area contributed by atoms with Crippen LogP contribution in [0.25, 0.3) is 0 Å². The molecule has 2 amide bonds. The van der Waals surface area contributed by atoms with E-state index in [1.165, 1.54) is 24.3 Å². The number of carbonyl (C=O) groups is 1. The monoisotopic (exact) mass is 318 g/mol. The molecule has 0 saturated carbocycles. The number of urea groups is 1. The minimum atomic E-state index is -0.303. The molecular formula is C18H20F2N2O. The van der Waals surface area contributed by atoms with Gasteiger partial charge in [0.05, 0.1) is 6.04 Å². The summed E-state index contributed by atoms with van der Waals surface area (Å²) in [7, 11) is 1.69. The van der Waals surface area contributed by atoms with Crippen LogP contribution in [0, 0.1) is 11.6 Å². The van der Waals surface area contributed by atoms with Crippen molar-refractivity contribution < 1.29 is 13.6 Å². The zero-order valence-corrected chi connectivity index (χ0v) is 13.2. The molecule has 0 saturated heterocycles. The fraction of sp³-hybridized carbons (Fsp3) is 0.278. The van der Waals surface area contributed by atoms with Crippen molar-refractivity contribution in [3.8, 4) is 0 Å². The van der Waals surface area contributed by atoms with Gasteiger partial charge in [-0.3, -0.25) is 0 Å². The minimum absolute atomic E-state index is 0.176. The Morgan fingerprint density at radius 2 is 1.83 bits per heavy atom. The van der Waals surface area contributed by atoms with Crippen LogP contribution in [0.5, 0.6) is 0 Å². The molecule has 1 unspecified atom stereocenters. The van der Waals surface area contributed by atoms with Crippen LogP contribution in [0.3, 0.4) is 0 Å². The summed E-state index contributed by atoms with van der Waals surface area (Å²) in [6.45, 7) is 2.29. The van der Waals surface area contributed by atoms with Crippen molar-refractivity contribution in [2.24, 2.45) is 0 Å². The number of hydrogen-bond acceptors (Lipinski definition) is 1. The van der Waals surface area contributed by atoms with Gasteiger partial charge in [0.2, 0.25) is 0 Å². The van der Waals surface area contributed by atoms with Gasteiger partial charge in [0.1, 0.15) is 11.6 Å². The third-order valence-electron chi connectivity index (χ3n) is 3.83. The lowest BCUT2D eigenvalue weighted by Crippen LogP contribution is -2.39. The number of rotatable bonds is 5. The van der Waals surface area contributed by atoms with E-state index in [1.54, 1.807) is 30.1 Å². The Hall–Kier alpha value is -2.43. The third-order valence-corrected chi connectivity index (χ3v) is 3.83. The maximum Gasteiger partial charge on any atom is 0.317 e. The minimum Gasteiger partial charge on any atom is -0.338 e. The highest BCUT2D eigenvalue weighted by atomic mass is 19.1. The molecule has 5 heteroatoms. The number of benzene rings is 2. The van der Waals surface area contributed by atoms with Crippen molar-refractivity contribution in [2.45, 2.75) is 19.4 Å². The normalized spacial score (nSPS) is 11.8. The first-order valence-electron chi connectivity index (χ1n) is 7.48. The van der Waals surface area contributed by atoms with Crippen LogP contribution in [-0.2, 0) is 6.42 Å². The highest BCUT2D eigenvalue weighted by Gasteiger charge is 2.16. The standard InChI is InChI=1S/C18H20F2N2O/c1-13(15-6-8-16(19)9-7-15)22(2)18(23)21-11-10-14-4-3-5-17(20)12-14/h3-9,12-13H,10-11H2,1-2H3,(H,21,23). The van der Waals surface area contributed by atoms with Crippen molar-refractivity contribution >= 4 is 6.03 Å². The lowest BCUT2D eigenvalue weighted by Gasteiger charge is -2.25. The molecule has 0 radical (unpaired) electrons. The Morgan fingerprint density at radius 1 is 1.13 bits per heavy atom. The summed E-state index contributed by atoms with van der Waals surface area (Å²) < 4.78 is 26.0. The molecule has 1 atom stereocenters. The number of hydrogen-bond donors (Lipinski definition) is 1. The Morgan fingerprint density at radius 3 is 2.48 bits per heavy atom. The maximum atomic E-state index is 13.1. The second-order valence-corrected chi connectivity index (χ2v) is 5.45. The summed E-state index contributed by atoms with van der Waals surface area (Å²) in [5, 5.41) is 2.80. The first kappa shape index (κ1) is 16.9. The van der Waals surface area contributed by atoms with Gasteiger partial charge < -0.3 is 10.2 Å². The molecule has 1 N–H and O–H groups in total. The van der Waals surface area contributed by atoms with Crippen LogP contribution < -0.4 is 5.32 Å². The molecule has 0 heterocycles. The summed E-state index contributed by atoms with van der Waals surface area (Å²) in [6.07, 6.45) is 0.558. The summed E-state index contributed by atoms with van der Waals surface area (Å²) in [5.74, 6) is -0.584. The fourth-order valence-electron chi connectivity index (χ4n) is 2.27. The van der Waals surface area contributed by atoms with Gasteiger partial charge in [0.15, 0.2) is 0 Å². The highest BCUT2D eigenvalue weighted by molar-refractivity contribution is 5.74. The molecule has 2 aromatic carbocycles. The van der Waals surface area contributed by atoms with Crippen LogP contribution in [-0.4, -0.2) is 24.5 Å². The number of amides is 2. The lowest BCUT2D eigenvalue weighted by atomic mass is 10.1. The molecule has 2 aromatic rings. The van der Waals surface area contributed by atoms with Crippen LogP contribution in [0.15, 0.2) is 48.5 Å². The molecule has 122 valence electrons. The summed E-state index contributed by atoms with van der Waals surface area (Å²) in [5.41, 5.74) is 1.69. The molecule has 0 aliphatic carbocycles. The third kappa shape index (κ3) is 4.77. The molecule has 3 nitrogen and oxygen atoms in total. The van der Waals surface area contributed by atoms with E-state index < -0.39 is 0 Å².